The van der Waals surface area contributed by atoms with Crippen LogP contribution in [0.15, 0.2) is 84.9 Å². The second-order valence-electron chi connectivity index (χ2n) is 10.5. The highest BCUT2D eigenvalue weighted by atomic mass is 16.3. The molecule has 3 aromatic rings. The van der Waals surface area contributed by atoms with Crippen LogP contribution in [0.4, 0.5) is 0 Å². The molecule has 1 aliphatic rings. The highest BCUT2D eigenvalue weighted by Crippen LogP contribution is 2.12. The molecule has 220 valence electrons. The molecule has 0 bridgehead atoms. The predicted octanol–water partition coefficient (Wildman–Crippen LogP) is 1.11. The molecule has 10 nitrogen and oxygen atoms in total. The van der Waals surface area contributed by atoms with Gasteiger partial charge in [-0.1, -0.05) is 72.8 Å². The van der Waals surface area contributed by atoms with Crippen molar-refractivity contribution >= 4 is 23.6 Å². The number of amides is 4. The molecule has 0 saturated carbocycles. The zero-order valence-corrected chi connectivity index (χ0v) is 23.3. The average Bonchev–Trinajstić information content (AvgIpc) is 2.99. The van der Waals surface area contributed by atoms with Crippen molar-refractivity contribution in [1.29, 1.82) is 0 Å². The van der Waals surface area contributed by atoms with Crippen LogP contribution in [-0.2, 0) is 38.4 Å². The standard InChI is InChI=1S/C32H37N5O5/c33-25(18-23-13-15-24(38)16-14-23)29(39)35-26-12-7-17-34-30(40)27(19-21-8-3-1-4-9-21)36-32(42)28(37-31(26)41)20-22-10-5-2-6-11-22/h1-6,8-11,13-16,25-28,38H,7,12,17-20,33H2,(H,34,40)(H,35,39)(H,36,42)(H,37,41)/t25-,26+,27-,28-/m0/s1. The molecule has 3 aromatic carbocycles. The summed E-state index contributed by atoms with van der Waals surface area (Å²) < 4.78 is 0. The number of carbonyl (C=O) groups is 4. The topological polar surface area (TPSA) is 163 Å². The van der Waals surface area contributed by atoms with Crippen LogP contribution in [0.1, 0.15) is 29.5 Å². The summed E-state index contributed by atoms with van der Waals surface area (Å²) in [6.07, 6.45) is 1.33. The molecule has 0 radical (unpaired) electrons. The Bertz CT molecular complexity index is 1350. The molecule has 4 atom stereocenters. The number of nitrogens with two attached hydrogens (primary N) is 1. The summed E-state index contributed by atoms with van der Waals surface area (Å²) in [5, 5.41) is 20.7. The van der Waals surface area contributed by atoms with E-state index in [0.717, 1.165) is 16.7 Å². The van der Waals surface area contributed by atoms with Crippen molar-refractivity contribution in [2.24, 2.45) is 5.73 Å². The zero-order chi connectivity index (χ0) is 29.9. The van der Waals surface area contributed by atoms with E-state index in [1.54, 1.807) is 12.1 Å². The van der Waals surface area contributed by atoms with Gasteiger partial charge in [-0.3, -0.25) is 19.2 Å². The van der Waals surface area contributed by atoms with Gasteiger partial charge in [-0.15, -0.1) is 0 Å². The molecule has 1 saturated heterocycles. The Morgan fingerprint density at radius 1 is 0.786 bits per heavy atom. The first-order chi connectivity index (χ1) is 20.3. The van der Waals surface area contributed by atoms with E-state index in [-0.39, 0.29) is 37.5 Å². The molecule has 0 aliphatic carbocycles. The summed E-state index contributed by atoms with van der Waals surface area (Å²) in [6.45, 7) is 0.257. The minimum atomic E-state index is -0.990. The van der Waals surface area contributed by atoms with Crippen molar-refractivity contribution in [2.75, 3.05) is 6.54 Å². The number of rotatable bonds is 8. The summed E-state index contributed by atoms with van der Waals surface area (Å²) >= 11 is 0. The number of carbonyl (C=O) groups excluding carboxylic acids is 4. The van der Waals surface area contributed by atoms with Crippen molar-refractivity contribution in [3.8, 4) is 5.75 Å². The fourth-order valence-corrected chi connectivity index (χ4v) is 4.83. The summed E-state index contributed by atoms with van der Waals surface area (Å²) in [7, 11) is 0. The van der Waals surface area contributed by atoms with E-state index in [1.807, 2.05) is 60.7 Å². The SMILES string of the molecule is N[C@@H](Cc1ccc(O)cc1)C(=O)N[C@@H]1CCCNC(=O)[C@H](Cc2ccccc2)NC(=O)[C@H](Cc2ccccc2)NC1=O. The molecule has 1 fully saturated rings. The molecule has 4 amide bonds. The van der Waals surface area contributed by atoms with Gasteiger partial charge in [0.15, 0.2) is 0 Å². The summed E-state index contributed by atoms with van der Waals surface area (Å²) in [4.78, 5) is 53.2. The minimum Gasteiger partial charge on any atom is -0.508 e. The smallest absolute Gasteiger partial charge is 0.243 e. The monoisotopic (exact) mass is 571 g/mol. The van der Waals surface area contributed by atoms with Gasteiger partial charge >= 0.3 is 0 Å². The number of benzene rings is 3. The summed E-state index contributed by atoms with van der Waals surface area (Å²) in [5.41, 5.74) is 8.61. The molecular weight excluding hydrogens is 534 g/mol. The third-order valence-corrected chi connectivity index (χ3v) is 7.16. The van der Waals surface area contributed by atoms with E-state index in [9.17, 15) is 24.3 Å². The molecule has 1 heterocycles. The third-order valence-electron chi connectivity index (χ3n) is 7.16. The van der Waals surface area contributed by atoms with Crippen molar-refractivity contribution in [3.05, 3.63) is 102 Å². The van der Waals surface area contributed by atoms with Crippen LogP contribution in [0.2, 0.25) is 0 Å². The summed E-state index contributed by atoms with van der Waals surface area (Å²) in [5.74, 6) is -1.75. The first kappa shape index (κ1) is 30.3. The fraction of sp³-hybridized carbons (Fsp3) is 0.312. The number of nitrogens with one attached hydrogen (secondary N) is 4. The number of phenols is 1. The second kappa shape index (κ2) is 14.8. The van der Waals surface area contributed by atoms with Crippen LogP contribution in [0.3, 0.4) is 0 Å². The number of aromatic hydroxyl groups is 1. The Labute approximate surface area is 245 Å². The van der Waals surface area contributed by atoms with E-state index in [4.69, 9.17) is 5.73 Å². The second-order valence-corrected chi connectivity index (χ2v) is 10.5. The van der Waals surface area contributed by atoms with Crippen molar-refractivity contribution in [3.63, 3.8) is 0 Å². The predicted molar refractivity (Wildman–Crippen MR) is 158 cm³/mol. The first-order valence-corrected chi connectivity index (χ1v) is 14.1. The van der Waals surface area contributed by atoms with Gasteiger partial charge in [-0.2, -0.15) is 0 Å². The van der Waals surface area contributed by atoms with Crippen LogP contribution >= 0.6 is 0 Å². The molecular formula is C32H37N5O5. The average molecular weight is 572 g/mol. The maximum Gasteiger partial charge on any atom is 0.243 e. The Morgan fingerprint density at radius 3 is 1.93 bits per heavy atom. The lowest BCUT2D eigenvalue weighted by Gasteiger charge is -2.27. The van der Waals surface area contributed by atoms with Crippen molar-refractivity contribution < 1.29 is 24.3 Å². The largest absolute Gasteiger partial charge is 0.508 e. The quantitative estimate of drug-likeness (QED) is 0.237. The van der Waals surface area contributed by atoms with Crippen LogP contribution in [-0.4, -0.2) is 59.4 Å². The van der Waals surface area contributed by atoms with Crippen LogP contribution in [0, 0.1) is 0 Å². The van der Waals surface area contributed by atoms with Gasteiger partial charge in [0.2, 0.25) is 23.6 Å². The van der Waals surface area contributed by atoms with Crippen LogP contribution in [0.25, 0.3) is 0 Å². The fourth-order valence-electron chi connectivity index (χ4n) is 4.83. The van der Waals surface area contributed by atoms with E-state index >= 15 is 0 Å². The third kappa shape index (κ3) is 8.90. The lowest BCUT2D eigenvalue weighted by atomic mass is 10.0. The maximum absolute atomic E-state index is 13.6. The first-order valence-electron chi connectivity index (χ1n) is 14.1. The maximum atomic E-state index is 13.6. The molecule has 0 aromatic heterocycles. The van der Waals surface area contributed by atoms with Gasteiger partial charge in [0.05, 0.1) is 6.04 Å². The van der Waals surface area contributed by atoms with Gasteiger partial charge in [-0.25, -0.2) is 0 Å². The summed E-state index contributed by atoms with van der Waals surface area (Å²) in [6, 6.07) is 21.3. The molecule has 0 unspecified atom stereocenters. The molecule has 42 heavy (non-hydrogen) atoms. The van der Waals surface area contributed by atoms with E-state index in [1.165, 1.54) is 12.1 Å². The van der Waals surface area contributed by atoms with Gasteiger partial charge in [0, 0.05) is 19.4 Å². The Morgan fingerprint density at radius 2 is 1.33 bits per heavy atom. The Balaban J connectivity index is 1.51. The zero-order valence-electron chi connectivity index (χ0n) is 23.3. The normalized spacial score (nSPS) is 20.6. The molecule has 4 rings (SSSR count). The highest BCUT2D eigenvalue weighted by Gasteiger charge is 2.31. The molecule has 1 aliphatic heterocycles. The van der Waals surface area contributed by atoms with Crippen LogP contribution < -0.4 is 27.0 Å². The van der Waals surface area contributed by atoms with Crippen molar-refractivity contribution in [2.45, 2.75) is 56.3 Å². The van der Waals surface area contributed by atoms with Gasteiger partial charge in [-0.05, 0) is 48.1 Å². The minimum absolute atomic E-state index is 0.106. The van der Waals surface area contributed by atoms with Gasteiger partial charge < -0.3 is 32.1 Å². The Kier molecular flexibility index (Phi) is 10.7. The lowest BCUT2D eigenvalue weighted by molar-refractivity contribution is -0.134. The highest BCUT2D eigenvalue weighted by molar-refractivity contribution is 5.95. The van der Waals surface area contributed by atoms with Crippen molar-refractivity contribution in [1.82, 2.24) is 21.3 Å². The Hall–Kier alpha value is -4.70. The van der Waals surface area contributed by atoms with Gasteiger partial charge in [0.1, 0.15) is 23.9 Å². The van der Waals surface area contributed by atoms with E-state index in [2.05, 4.69) is 21.3 Å². The van der Waals surface area contributed by atoms with E-state index < -0.39 is 41.9 Å². The molecule has 7 N–H and O–H groups in total. The van der Waals surface area contributed by atoms with Crippen LogP contribution in [0.5, 0.6) is 5.75 Å². The number of hydrogen-bond acceptors (Lipinski definition) is 6. The number of phenolic OH excluding ortho intramolecular Hbond substituents is 1. The van der Waals surface area contributed by atoms with E-state index in [0.29, 0.717) is 12.8 Å². The molecule has 10 heteroatoms. The molecule has 0 spiro atoms. The number of hydrogen-bond donors (Lipinski definition) is 6. The lowest BCUT2D eigenvalue weighted by Crippen LogP contribution is -2.59. The van der Waals surface area contributed by atoms with Gasteiger partial charge in [0.25, 0.3) is 0 Å².